The van der Waals surface area contributed by atoms with Crippen LogP contribution in [0.1, 0.15) is 12.8 Å². The molecule has 1 aliphatic rings. The number of piperazine rings is 1. The summed E-state index contributed by atoms with van der Waals surface area (Å²) in [5, 5.41) is 8.32. The summed E-state index contributed by atoms with van der Waals surface area (Å²) in [6.45, 7) is 3.73. The Labute approximate surface area is 167 Å². The van der Waals surface area contributed by atoms with E-state index in [1.807, 2.05) is 31.2 Å². The van der Waals surface area contributed by atoms with Crippen LogP contribution < -0.4 is 4.90 Å². The summed E-state index contributed by atoms with van der Waals surface area (Å²) in [5.41, 5.74) is 1.43. The van der Waals surface area contributed by atoms with Crippen molar-refractivity contribution in [2.75, 3.05) is 31.1 Å². The van der Waals surface area contributed by atoms with E-state index in [0.717, 1.165) is 5.69 Å². The van der Waals surface area contributed by atoms with Gasteiger partial charge in [0.25, 0.3) is 15.9 Å². The Morgan fingerprint density at radius 1 is 1.14 bits per heavy atom. The molecule has 0 radical (unpaired) electrons. The zero-order chi connectivity index (χ0) is 19.7. The maximum atomic E-state index is 12.9. The van der Waals surface area contributed by atoms with Gasteiger partial charge in [0.15, 0.2) is 0 Å². The van der Waals surface area contributed by atoms with Crippen LogP contribution in [0.15, 0.2) is 50.5 Å². The van der Waals surface area contributed by atoms with Gasteiger partial charge >= 0.3 is 0 Å². The first kappa shape index (κ1) is 19.0. The monoisotopic (exact) mass is 422 g/mol. The topological polar surface area (TPSA) is 92.7 Å². The lowest BCUT2D eigenvalue weighted by molar-refractivity contribution is 0.362. The number of rotatable bonds is 5. The molecule has 2 aromatic heterocycles. The highest BCUT2D eigenvalue weighted by molar-refractivity contribution is 7.89. The molecule has 10 heteroatoms. The highest BCUT2D eigenvalue weighted by atomic mass is 35.5. The molecule has 1 aromatic carbocycles. The Morgan fingerprint density at radius 2 is 1.93 bits per heavy atom. The Kier molecular flexibility index (Phi) is 5.13. The fourth-order valence-corrected chi connectivity index (χ4v) is 4.59. The Bertz CT molecular complexity index is 1070. The molecule has 0 N–H and O–H groups in total. The van der Waals surface area contributed by atoms with Crippen molar-refractivity contribution in [3.63, 3.8) is 0 Å². The number of halogens is 1. The third-order valence-electron chi connectivity index (χ3n) is 4.60. The molecule has 148 valence electrons. The highest BCUT2D eigenvalue weighted by Crippen LogP contribution is 2.27. The number of nitrogens with zero attached hydrogens (tertiary/aromatic N) is 4. The van der Waals surface area contributed by atoms with Crippen molar-refractivity contribution in [3.8, 4) is 11.5 Å². The quantitative estimate of drug-likeness (QED) is 0.623. The Morgan fingerprint density at radius 3 is 2.61 bits per heavy atom. The predicted molar refractivity (Wildman–Crippen MR) is 104 cm³/mol. The van der Waals surface area contributed by atoms with Gasteiger partial charge in [0, 0.05) is 49.4 Å². The van der Waals surface area contributed by atoms with Crippen LogP contribution in [-0.4, -0.2) is 49.1 Å². The van der Waals surface area contributed by atoms with Crippen LogP contribution in [0, 0.1) is 0 Å². The zero-order valence-electron chi connectivity index (χ0n) is 15.2. The van der Waals surface area contributed by atoms with Gasteiger partial charge < -0.3 is 13.7 Å². The zero-order valence-corrected chi connectivity index (χ0v) is 16.8. The van der Waals surface area contributed by atoms with E-state index in [9.17, 15) is 8.42 Å². The second-order valence-corrected chi connectivity index (χ2v) is 8.69. The first-order valence-corrected chi connectivity index (χ1v) is 10.7. The van der Waals surface area contributed by atoms with Crippen LogP contribution in [-0.2, 0) is 16.4 Å². The van der Waals surface area contributed by atoms with Gasteiger partial charge in [-0.15, -0.1) is 10.2 Å². The molecule has 0 amide bonds. The van der Waals surface area contributed by atoms with Crippen LogP contribution in [0.4, 0.5) is 5.69 Å². The molecule has 0 saturated carbocycles. The third-order valence-corrected chi connectivity index (χ3v) is 6.60. The van der Waals surface area contributed by atoms with Gasteiger partial charge in [0.05, 0.1) is 5.56 Å². The lowest BCUT2D eigenvalue weighted by Crippen LogP contribution is -2.48. The lowest BCUT2D eigenvalue weighted by Gasteiger charge is -2.34. The standard InChI is InChI=1S/C18H19ClN4O4S/c1-2-16-20-21-18(27-16)13-10-17(26-12-13)28(24,25)23-8-6-22(7-9-23)15-5-3-4-14(19)11-15/h3-5,10-12H,2,6-9H2,1H3. The van der Waals surface area contributed by atoms with Crippen molar-refractivity contribution < 1.29 is 17.3 Å². The molecule has 0 unspecified atom stereocenters. The molecule has 4 rings (SSSR count). The fraction of sp³-hybridized carbons (Fsp3) is 0.333. The number of hydrogen-bond donors (Lipinski definition) is 0. The Balaban J connectivity index is 1.47. The molecule has 1 fully saturated rings. The molecule has 28 heavy (non-hydrogen) atoms. The average molecular weight is 423 g/mol. The Hall–Kier alpha value is -2.36. The van der Waals surface area contributed by atoms with Crippen molar-refractivity contribution in [1.29, 1.82) is 0 Å². The van der Waals surface area contributed by atoms with E-state index in [2.05, 4.69) is 15.1 Å². The van der Waals surface area contributed by atoms with Crippen LogP contribution in [0.25, 0.3) is 11.5 Å². The number of sulfonamides is 1. The van der Waals surface area contributed by atoms with Crippen molar-refractivity contribution in [3.05, 3.63) is 47.5 Å². The number of benzene rings is 1. The number of aromatic nitrogens is 2. The van der Waals surface area contributed by atoms with E-state index in [1.165, 1.54) is 16.6 Å². The third kappa shape index (κ3) is 3.65. The van der Waals surface area contributed by atoms with E-state index >= 15 is 0 Å². The van der Waals surface area contributed by atoms with Gasteiger partial charge in [0.1, 0.15) is 6.26 Å². The maximum Gasteiger partial charge on any atom is 0.276 e. The summed E-state index contributed by atoms with van der Waals surface area (Å²) in [5.74, 6) is 0.727. The molecule has 3 heterocycles. The normalized spacial score (nSPS) is 15.9. The van der Waals surface area contributed by atoms with Crippen molar-refractivity contribution in [1.82, 2.24) is 14.5 Å². The molecule has 0 spiro atoms. The van der Waals surface area contributed by atoms with E-state index in [0.29, 0.717) is 49.1 Å². The molecule has 8 nitrogen and oxygen atoms in total. The van der Waals surface area contributed by atoms with E-state index < -0.39 is 10.0 Å². The minimum Gasteiger partial charge on any atom is -0.451 e. The summed E-state index contributed by atoms with van der Waals surface area (Å²) in [6.07, 6.45) is 1.93. The summed E-state index contributed by atoms with van der Waals surface area (Å²) in [7, 11) is -3.74. The number of aryl methyl sites for hydroxylation is 1. The summed E-state index contributed by atoms with van der Waals surface area (Å²) in [6, 6.07) is 8.95. The van der Waals surface area contributed by atoms with Crippen LogP contribution in [0.5, 0.6) is 0 Å². The SMILES string of the molecule is CCc1nnc(-c2coc(S(=O)(=O)N3CCN(c4cccc(Cl)c4)CC3)c2)o1. The van der Waals surface area contributed by atoms with Crippen molar-refractivity contribution in [2.45, 2.75) is 18.4 Å². The molecule has 0 aliphatic carbocycles. The second kappa shape index (κ2) is 7.57. The van der Waals surface area contributed by atoms with Gasteiger partial charge in [-0.25, -0.2) is 8.42 Å². The van der Waals surface area contributed by atoms with E-state index in [4.69, 9.17) is 20.4 Å². The number of anilines is 1. The predicted octanol–water partition coefficient (Wildman–Crippen LogP) is 3.06. The summed E-state index contributed by atoms with van der Waals surface area (Å²) < 4.78 is 38.0. The van der Waals surface area contributed by atoms with Crippen molar-refractivity contribution in [2.24, 2.45) is 0 Å². The molecular formula is C18H19ClN4O4S. The summed E-state index contributed by atoms with van der Waals surface area (Å²) in [4.78, 5) is 2.11. The van der Waals surface area contributed by atoms with Crippen LogP contribution in [0.2, 0.25) is 5.02 Å². The lowest BCUT2D eigenvalue weighted by atomic mass is 10.2. The van der Waals surface area contributed by atoms with E-state index in [1.54, 1.807) is 0 Å². The summed E-state index contributed by atoms with van der Waals surface area (Å²) >= 11 is 6.05. The van der Waals surface area contributed by atoms with Gasteiger partial charge in [0.2, 0.25) is 11.0 Å². The van der Waals surface area contributed by atoms with Gasteiger partial charge in [-0.05, 0) is 18.2 Å². The van der Waals surface area contributed by atoms with Crippen LogP contribution >= 0.6 is 11.6 Å². The highest BCUT2D eigenvalue weighted by Gasteiger charge is 2.31. The van der Waals surface area contributed by atoms with Gasteiger partial charge in [-0.3, -0.25) is 0 Å². The first-order valence-electron chi connectivity index (χ1n) is 8.89. The van der Waals surface area contributed by atoms with Gasteiger partial charge in [-0.2, -0.15) is 4.31 Å². The molecule has 1 saturated heterocycles. The largest absolute Gasteiger partial charge is 0.451 e. The molecule has 0 bridgehead atoms. The minimum absolute atomic E-state index is 0.130. The molecule has 0 atom stereocenters. The molecule has 3 aromatic rings. The fourth-order valence-electron chi connectivity index (χ4n) is 3.06. The smallest absolute Gasteiger partial charge is 0.276 e. The van der Waals surface area contributed by atoms with E-state index in [-0.39, 0.29) is 11.0 Å². The van der Waals surface area contributed by atoms with Crippen LogP contribution in [0.3, 0.4) is 0 Å². The number of hydrogen-bond acceptors (Lipinski definition) is 7. The maximum absolute atomic E-state index is 12.9. The average Bonchev–Trinajstić information content (AvgIpc) is 3.37. The van der Waals surface area contributed by atoms with Gasteiger partial charge in [-0.1, -0.05) is 24.6 Å². The second-order valence-electron chi connectivity index (χ2n) is 6.38. The minimum atomic E-state index is -3.74. The van der Waals surface area contributed by atoms with Crippen molar-refractivity contribution >= 4 is 27.3 Å². The molecule has 1 aliphatic heterocycles. The molecular weight excluding hydrogens is 404 g/mol. The first-order chi connectivity index (χ1) is 13.5. The number of furan rings is 1.